The average Bonchev–Trinajstić information content (AvgIpc) is 2.46. The van der Waals surface area contributed by atoms with E-state index in [1.165, 1.54) is 0 Å². The zero-order valence-corrected chi connectivity index (χ0v) is 12.3. The molecule has 0 aromatic heterocycles. The number of rotatable bonds is 5. The summed E-state index contributed by atoms with van der Waals surface area (Å²) >= 11 is 0. The number of amides is 1. The lowest BCUT2D eigenvalue weighted by Gasteiger charge is -2.24. The lowest BCUT2D eigenvalue weighted by Crippen LogP contribution is -2.52. The van der Waals surface area contributed by atoms with E-state index in [4.69, 9.17) is 9.47 Å². The van der Waals surface area contributed by atoms with Crippen molar-refractivity contribution >= 4 is 5.91 Å². The van der Waals surface area contributed by atoms with Gasteiger partial charge < -0.3 is 20.1 Å². The van der Waals surface area contributed by atoms with Crippen molar-refractivity contribution in [2.75, 3.05) is 26.8 Å². The molecular formula is C15H22N2O3. The number of fused-ring (bicyclic) bond motifs is 1. The van der Waals surface area contributed by atoms with E-state index in [1.54, 1.807) is 7.05 Å². The van der Waals surface area contributed by atoms with Gasteiger partial charge >= 0.3 is 0 Å². The van der Waals surface area contributed by atoms with Crippen molar-refractivity contribution in [2.45, 2.75) is 25.8 Å². The normalized spacial score (nSPS) is 13.9. The molecule has 0 radical (unpaired) electrons. The first kappa shape index (κ1) is 14.7. The van der Waals surface area contributed by atoms with Gasteiger partial charge in [-0.05, 0) is 38.0 Å². The van der Waals surface area contributed by atoms with E-state index in [0.717, 1.165) is 30.0 Å². The number of nitrogens with one attached hydrogen (secondary N) is 2. The topological polar surface area (TPSA) is 59.6 Å². The standard InChI is InChI=1S/C15H22N2O3/c1-15(2,14(18)16-3)17-7-6-11-4-5-12-13(10-11)20-9-8-19-12/h4-5,10,17H,6-9H2,1-3H3,(H,16,18). The van der Waals surface area contributed by atoms with Gasteiger partial charge in [-0.2, -0.15) is 0 Å². The minimum absolute atomic E-state index is 0.0142. The van der Waals surface area contributed by atoms with Crippen LogP contribution in [0.25, 0.3) is 0 Å². The van der Waals surface area contributed by atoms with Crippen LogP contribution >= 0.6 is 0 Å². The Morgan fingerprint density at radius 3 is 2.65 bits per heavy atom. The molecule has 1 aliphatic heterocycles. The summed E-state index contributed by atoms with van der Waals surface area (Å²) in [6.45, 7) is 5.66. The molecule has 5 nitrogen and oxygen atoms in total. The Kier molecular flexibility index (Phi) is 4.49. The first-order valence-corrected chi connectivity index (χ1v) is 6.88. The maximum atomic E-state index is 11.7. The quantitative estimate of drug-likeness (QED) is 0.847. The maximum Gasteiger partial charge on any atom is 0.239 e. The molecule has 1 heterocycles. The Hall–Kier alpha value is -1.75. The number of benzene rings is 1. The molecule has 1 amide bonds. The van der Waals surface area contributed by atoms with E-state index in [-0.39, 0.29) is 5.91 Å². The molecule has 1 aromatic carbocycles. The Balaban J connectivity index is 1.90. The van der Waals surface area contributed by atoms with Crippen molar-refractivity contribution in [3.63, 3.8) is 0 Å². The lowest BCUT2D eigenvalue weighted by molar-refractivity contribution is -0.125. The van der Waals surface area contributed by atoms with Crippen molar-refractivity contribution in [2.24, 2.45) is 0 Å². The fourth-order valence-electron chi connectivity index (χ4n) is 2.16. The van der Waals surface area contributed by atoms with Crippen LogP contribution in [0, 0.1) is 0 Å². The van der Waals surface area contributed by atoms with Gasteiger partial charge in [0.05, 0.1) is 5.54 Å². The smallest absolute Gasteiger partial charge is 0.239 e. The van der Waals surface area contributed by atoms with Gasteiger partial charge in [0.15, 0.2) is 11.5 Å². The van der Waals surface area contributed by atoms with Gasteiger partial charge in [0.25, 0.3) is 0 Å². The molecule has 2 N–H and O–H groups in total. The second kappa shape index (κ2) is 6.13. The molecule has 0 unspecified atom stereocenters. The summed E-state index contributed by atoms with van der Waals surface area (Å²) in [5, 5.41) is 5.91. The molecular weight excluding hydrogens is 256 g/mol. The van der Waals surface area contributed by atoms with Crippen LogP contribution in [0.2, 0.25) is 0 Å². The minimum Gasteiger partial charge on any atom is -0.486 e. The third-order valence-electron chi connectivity index (χ3n) is 3.38. The molecule has 0 atom stereocenters. The van der Waals surface area contributed by atoms with Crippen LogP contribution in [-0.4, -0.2) is 38.3 Å². The fraction of sp³-hybridized carbons (Fsp3) is 0.533. The highest BCUT2D eigenvalue weighted by Gasteiger charge is 2.25. The van der Waals surface area contributed by atoms with Crippen LogP contribution < -0.4 is 20.1 Å². The third kappa shape index (κ3) is 3.42. The number of hydrogen-bond acceptors (Lipinski definition) is 4. The van der Waals surface area contributed by atoms with E-state index in [1.807, 2.05) is 32.0 Å². The first-order chi connectivity index (χ1) is 9.53. The molecule has 0 aliphatic carbocycles. The van der Waals surface area contributed by atoms with Crippen molar-refractivity contribution in [3.8, 4) is 11.5 Å². The average molecular weight is 278 g/mol. The highest BCUT2D eigenvalue weighted by atomic mass is 16.6. The number of carbonyl (C=O) groups excluding carboxylic acids is 1. The van der Waals surface area contributed by atoms with Gasteiger partial charge in [0, 0.05) is 13.6 Å². The molecule has 1 aromatic rings. The molecule has 0 saturated carbocycles. The maximum absolute atomic E-state index is 11.7. The lowest BCUT2D eigenvalue weighted by atomic mass is 10.0. The van der Waals surface area contributed by atoms with Gasteiger partial charge in [-0.1, -0.05) is 6.07 Å². The molecule has 5 heteroatoms. The predicted octanol–water partition coefficient (Wildman–Crippen LogP) is 1.11. The van der Waals surface area contributed by atoms with Crippen LogP contribution in [0.15, 0.2) is 18.2 Å². The molecule has 1 aliphatic rings. The molecule has 20 heavy (non-hydrogen) atoms. The minimum atomic E-state index is -0.567. The van der Waals surface area contributed by atoms with Crippen LogP contribution in [0.5, 0.6) is 11.5 Å². The Morgan fingerprint density at radius 2 is 1.95 bits per heavy atom. The van der Waals surface area contributed by atoms with E-state index in [2.05, 4.69) is 10.6 Å². The van der Waals surface area contributed by atoms with Crippen LogP contribution in [-0.2, 0) is 11.2 Å². The molecule has 0 bridgehead atoms. The number of hydrogen-bond donors (Lipinski definition) is 2. The fourth-order valence-corrected chi connectivity index (χ4v) is 2.16. The first-order valence-electron chi connectivity index (χ1n) is 6.88. The predicted molar refractivity (Wildman–Crippen MR) is 77.3 cm³/mol. The van der Waals surface area contributed by atoms with Crippen molar-refractivity contribution < 1.29 is 14.3 Å². The van der Waals surface area contributed by atoms with Gasteiger partial charge in [-0.25, -0.2) is 0 Å². The molecule has 0 spiro atoms. The summed E-state index contributed by atoms with van der Waals surface area (Å²) in [4.78, 5) is 11.7. The van der Waals surface area contributed by atoms with Gasteiger partial charge in [0.2, 0.25) is 5.91 Å². The third-order valence-corrected chi connectivity index (χ3v) is 3.38. The molecule has 0 fully saturated rings. The second-order valence-electron chi connectivity index (χ2n) is 5.36. The van der Waals surface area contributed by atoms with Crippen molar-refractivity contribution in [1.82, 2.24) is 10.6 Å². The molecule has 0 saturated heterocycles. The van der Waals surface area contributed by atoms with E-state index in [0.29, 0.717) is 13.2 Å². The summed E-state index contributed by atoms with van der Waals surface area (Å²) in [5.74, 6) is 1.60. The Bertz CT molecular complexity index is 486. The highest BCUT2D eigenvalue weighted by Crippen LogP contribution is 2.30. The van der Waals surface area contributed by atoms with Gasteiger partial charge in [-0.15, -0.1) is 0 Å². The number of ether oxygens (including phenoxy) is 2. The van der Waals surface area contributed by atoms with Crippen molar-refractivity contribution in [3.05, 3.63) is 23.8 Å². The summed E-state index contributed by atoms with van der Waals surface area (Å²) in [5.41, 5.74) is 0.595. The summed E-state index contributed by atoms with van der Waals surface area (Å²) < 4.78 is 11.0. The Morgan fingerprint density at radius 1 is 1.25 bits per heavy atom. The summed E-state index contributed by atoms with van der Waals surface area (Å²) in [6, 6.07) is 5.97. The Labute approximate surface area is 119 Å². The van der Waals surface area contributed by atoms with E-state index >= 15 is 0 Å². The zero-order chi connectivity index (χ0) is 14.6. The zero-order valence-electron chi connectivity index (χ0n) is 12.3. The number of carbonyl (C=O) groups is 1. The van der Waals surface area contributed by atoms with Gasteiger partial charge in [-0.3, -0.25) is 4.79 Å². The van der Waals surface area contributed by atoms with E-state index in [9.17, 15) is 4.79 Å². The summed E-state index contributed by atoms with van der Waals surface area (Å²) in [6.07, 6.45) is 0.830. The highest BCUT2D eigenvalue weighted by molar-refractivity contribution is 5.85. The number of likely N-dealkylation sites (N-methyl/N-ethyl adjacent to an activating group) is 1. The molecule has 2 rings (SSSR count). The SMILES string of the molecule is CNC(=O)C(C)(C)NCCc1ccc2c(c1)OCCO2. The monoisotopic (exact) mass is 278 g/mol. The van der Waals surface area contributed by atoms with Gasteiger partial charge in [0.1, 0.15) is 13.2 Å². The molecule has 110 valence electrons. The van der Waals surface area contributed by atoms with Crippen LogP contribution in [0.1, 0.15) is 19.4 Å². The summed E-state index contributed by atoms with van der Waals surface area (Å²) in [7, 11) is 1.65. The second-order valence-corrected chi connectivity index (χ2v) is 5.36. The van der Waals surface area contributed by atoms with Crippen molar-refractivity contribution in [1.29, 1.82) is 0 Å². The van der Waals surface area contributed by atoms with E-state index < -0.39 is 5.54 Å². The van der Waals surface area contributed by atoms with Crippen LogP contribution in [0.3, 0.4) is 0 Å². The largest absolute Gasteiger partial charge is 0.486 e. The van der Waals surface area contributed by atoms with Crippen LogP contribution in [0.4, 0.5) is 0 Å².